The number of rotatable bonds is 4. The zero-order chi connectivity index (χ0) is 12.8. The van der Waals surface area contributed by atoms with Gasteiger partial charge in [0.1, 0.15) is 5.75 Å². The largest absolute Gasteiger partial charge is 0.508 e. The molecule has 0 aliphatic heterocycles. The molecule has 1 rings (SSSR count). The summed E-state index contributed by atoms with van der Waals surface area (Å²) >= 11 is 0. The third-order valence-corrected chi connectivity index (χ3v) is 2.31. The number of benzene rings is 1. The van der Waals surface area contributed by atoms with Gasteiger partial charge in [0.05, 0.1) is 13.0 Å². The Morgan fingerprint density at radius 2 is 1.88 bits per heavy atom. The molecule has 17 heavy (non-hydrogen) atoms. The monoisotopic (exact) mass is 238 g/mol. The highest BCUT2D eigenvalue weighted by Gasteiger charge is 2.17. The van der Waals surface area contributed by atoms with Gasteiger partial charge in [-0.05, 0) is 24.6 Å². The van der Waals surface area contributed by atoms with E-state index in [1.54, 1.807) is 19.1 Å². The molecule has 0 unspecified atom stereocenters. The fraction of sp³-hybridized carbons (Fsp3) is 0.333. The summed E-state index contributed by atoms with van der Waals surface area (Å²) in [6.07, 6.45) is 0. The van der Waals surface area contributed by atoms with E-state index in [4.69, 9.17) is 9.84 Å². The van der Waals surface area contributed by atoms with Crippen LogP contribution < -0.4 is 0 Å². The Bertz CT molecular complexity index is 396. The van der Waals surface area contributed by atoms with E-state index in [1.165, 1.54) is 19.2 Å². The highest BCUT2D eigenvalue weighted by Crippen LogP contribution is 2.19. The van der Waals surface area contributed by atoms with Gasteiger partial charge < -0.3 is 14.6 Å². The van der Waals surface area contributed by atoms with E-state index < -0.39 is 24.5 Å². The molecule has 0 fully saturated rings. The number of esters is 2. The van der Waals surface area contributed by atoms with Crippen LogP contribution in [0.5, 0.6) is 5.75 Å². The van der Waals surface area contributed by atoms with E-state index in [1.807, 2.05) is 0 Å². The van der Waals surface area contributed by atoms with Crippen molar-refractivity contribution in [3.63, 3.8) is 0 Å². The van der Waals surface area contributed by atoms with Gasteiger partial charge in [-0.3, -0.25) is 4.79 Å². The number of aromatic hydroxyl groups is 1. The predicted octanol–water partition coefficient (Wildman–Crippen LogP) is 1.21. The van der Waals surface area contributed by atoms with E-state index in [9.17, 15) is 9.59 Å². The summed E-state index contributed by atoms with van der Waals surface area (Å²) in [6.45, 7) is 1.27. The van der Waals surface area contributed by atoms with Crippen LogP contribution in [0.25, 0.3) is 0 Å². The minimum absolute atomic E-state index is 0.129. The van der Waals surface area contributed by atoms with Crippen molar-refractivity contribution in [3.05, 3.63) is 29.8 Å². The maximum absolute atomic E-state index is 11.6. The van der Waals surface area contributed by atoms with Crippen LogP contribution in [-0.2, 0) is 19.1 Å². The van der Waals surface area contributed by atoms with Gasteiger partial charge in [0.15, 0.2) is 6.61 Å². The normalized spacial score (nSPS) is 11.6. The van der Waals surface area contributed by atoms with Crippen molar-refractivity contribution < 1.29 is 24.2 Å². The summed E-state index contributed by atoms with van der Waals surface area (Å²) in [6, 6.07) is 6.22. The van der Waals surface area contributed by atoms with Crippen molar-refractivity contribution in [1.29, 1.82) is 0 Å². The zero-order valence-electron chi connectivity index (χ0n) is 9.67. The van der Waals surface area contributed by atoms with Crippen molar-refractivity contribution in [2.75, 3.05) is 13.7 Å². The first-order valence-corrected chi connectivity index (χ1v) is 5.07. The fourth-order valence-corrected chi connectivity index (χ4v) is 1.21. The van der Waals surface area contributed by atoms with Crippen LogP contribution in [0.2, 0.25) is 0 Å². The molecule has 1 N–H and O–H groups in total. The fourth-order valence-electron chi connectivity index (χ4n) is 1.21. The maximum Gasteiger partial charge on any atom is 0.344 e. The van der Waals surface area contributed by atoms with Gasteiger partial charge in [-0.25, -0.2) is 4.79 Å². The Morgan fingerprint density at radius 3 is 2.41 bits per heavy atom. The van der Waals surface area contributed by atoms with Gasteiger partial charge in [-0.1, -0.05) is 12.1 Å². The molecule has 1 aromatic rings. The summed E-state index contributed by atoms with van der Waals surface area (Å²) in [7, 11) is 1.22. The van der Waals surface area contributed by atoms with E-state index in [2.05, 4.69) is 4.74 Å². The van der Waals surface area contributed by atoms with E-state index >= 15 is 0 Å². The highest BCUT2D eigenvalue weighted by atomic mass is 16.6. The summed E-state index contributed by atoms with van der Waals surface area (Å²) in [5.41, 5.74) is 0.706. The van der Waals surface area contributed by atoms with Gasteiger partial charge >= 0.3 is 11.9 Å². The van der Waals surface area contributed by atoms with Crippen molar-refractivity contribution in [1.82, 2.24) is 0 Å². The Kier molecular flexibility index (Phi) is 4.51. The van der Waals surface area contributed by atoms with Crippen LogP contribution in [0.15, 0.2) is 24.3 Å². The van der Waals surface area contributed by atoms with Crippen LogP contribution in [0.1, 0.15) is 18.4 Å². The second kappa shape index (κ2) is 5.89. The van der Waals surface area contributed by atoms with Crippen LogP contribution in [0, 0.1) is 0 Å². The summed E-state index contributed by atoms with van der Waals surface area (Å²) in [5, 5.41) is 9.11. The Labute approximate surface area is 99.0 Å². The summed E-state index contributed by atoms with van der Waals surface area (Å²) in [4.78, 5) is 22.3. The van der Waals surface area contributed by atoms with Crippen LogP contribution >= 0.6 is 0 Å². The Balaban J connectivity index is 2.57. The number of ether oxygens (including phenoxy) is 2. The molecule has 0 bridgehead atoms. The van der Waals surface area contributed by atoms with Crippen molar-refractivity contribution >= 4 is 11.9 Å². The lowest BCUT2D eigenvalue weighted by molar-refractivity contribution is -0.157. The Morgan fingerprint density at radius 1 is 1.29 bits per heavy atom. The highest BCUT2D eigenvalue weighted by molar-refractivity contribution is 5.80. The molecule has 0 aromatic heterocycles. The zero-order valence-corrected chi connectivity index (χ0v) is 9.67. The van der Waals surface area contributed by atoms with E-state index in [0.717, 1.165) is 0 Å². The maximum atomic E-state index is 11.6. The molecule has 0 saturated carbocycles. The topological polar surface area (TPSA) is 72.8 Å². The number of hydrogen-bond acceptors (Lipinski definition) is 5. The molecule has 5 heteroatoms. The number of carbonyl (C=O) groups is 2. The first-order valence-electron chi connectivity index (χ1n) is 5.07. The lowest BCUT2D eigenvalue weighted by Crippen LogP contribution is -2.19. The lowest BCUT2D eigenvalue weighted by atomic mass is 10.0. The summed E-state index contributed by atoms with van der Waals surface area (Å²) < 4.78 is 9.12. The van der Waals surface area contributed by atoms with Crippen LogP contribution in [0.4, 0.5) is 0 Å². The molecule has 1 aromatic carbocycles. The minimum atomic E-state index is -0.601. The molecule has 5 nitrogen and oxygen atoms in total. The SMILES string of the molecule is COC(=O)COC(=O)[C@@H](C)c1ccc(O)cc1. The number of phenolic OH excluding ortho intramolecular Hbond substituents is 1. The number of hydrogen-bond donors (Lipinski definition) is 1. The van der Waals surface area contributed by atoms with E-state index in [0.29, 0.717) is 5.56 Å². The molecule has 0 spiro atoms. The average Bonchev–Trinajstić information content (AvgIpc) is 2.35. The smallest absolute Gasteiger partial charge is 0.344 e. The predicted molar refractivity (Wildman–Crippen MR) is 59.5 cm³/mol. The van der Waals surface area contributed by atoms with Gasteiger partial charge in [0, 0.05) is 0 Å². The third kappa shape index (κ3) is 3.79. The summed E-state index contributed by atoms with van der Waals surface area (Å²) in [5.74, 6) is -1.48. The second-order valence-corrected chi connectivity index (χ2v) is 3.50. The lowest BCUT2D eigenvalue weighted by Gasteiger charge is -2.11. The minimum Gasteiger partial charge on any atom is -0.508 e. The number of carbonyl (C=O) groups excluding carboxylic acids is 2. The molecule has 0 aliphatic rings. The van der Waals surface area contributed by atoms with Crippen LogP contribution in [0.3, 0.4) is 0 Å². The van der Waals surface area contributed by atoms with Crippen molar-refractivity contribution in [2.24, 2.45) is 0 Å². The molecule has 1 atom stereocenters. The first kappa shape index (κ1) is 13.0. The molecular formula is C12H14O5. The van der Waals surface area contributed by atoms with Gasteiger partial charge in [0.2, 0.25) is 0 Å². The Hall–Kier alpha value is -2.04. The van der Waals surface area contributed by atoms with Gasteiger partial charge in [-0.2, -0.15) is 0 Å². The standard InChI is InChI=1S/C12H14O5/c1-8(9-3-5-10(13)6-4-9)12(15)17-7-11(14)16-2/h3-6,8,13H,7H2,1-2H3/t8-/m0/s1. The van der Waals surface area contributed by atoms with Crippen molar-refractivity contribution in [2.45, 2.75) is 12.8 Å². The average molecular weight is 238 g/mol. The molecule has 0 amide bonds. The second-order valence-electron chi connectivity index (χ2n) is 3.50. The van der Waals surface area contributed by atoms with Crippen molar-refractivity contribution in [3.8, 4) is 5.75 Å². The number of phenols is 1. The molecule has 0 aliphatic carbocycles. The molecule has 0 heterocycles. The molecule has 0 radical (unpaired) electrons. The van der Waals surface area contributed by atoms with Gasteiger partial charge in [0.25, 0.3) is 0 Å². The van der Waals surface area contributed by atoms with Gasteiger partial charge in [-0.15, -0.1) is 0 Å². The quantitative estimate of drug-likeness (QED) is 0.798. The molecular weight excluding hydrogens is 224 g/mol. The number of methoxy groups -OCH3 is 1. The van der Waals surface area contributed by atoms with E-state index in [-0.39, 0.29) is 5.75 Å². The molecule has 0 saturated heterocycles. The molecule has 92 valence electrons. The van der Waals surface area contributed by atoms with Crippen LogP contribution in [-0.4, -0.2) is 30.8 Å². The first-order chi connectivity index (χ1) is 8.04. The third-order valence-electron chi connectivity index (χ3n) is 2.31.